The van der Waals surface area contributed by atoms with E-state index in [1.165, 1.54) is 0 Å². The van der Waals surface area contributed by atoms with E-state index in [-0.39, 0.29) is 5.41 Å². The lowest BCUT2D eigenvalue weighted by molar-refractivity contribution is 0.265. The van der Waals surface area contributed by atoms with Crippen molar-refractivity contribution in [2.75, 3.05) is 6.54 Å². The predicted molar refractivity (Wildman–Crippen MR) is 72.0 cm³/mol. The highest BCUT2D eigenvalue weighted by molar-refractivity contribution is 5.10. The Balaban J connectivity index is 2.76. The highest BCUT2D eigenvalue weighted by Crippen LogP contribution is 2.22. The zero-order chi connectivity index (χ0) is 12.9. The van der Waals surface area contributed by atoms with Gasteiger partial charge in [-0.15, -0.1) is 0 Å². The quantitative estimate of drug-likeness (QED) is 0.852. The number of hydrogen-bond donors (Lipinski definition) is 1. The average Bonchev–Trinajstić information content (AvgIpc) is 2.25. The van der Waals surface area contributed by atoms with Crippen LogP contribution in [0.3, 0.4) is 0 Å². The van der Waals surface area contributed by atoms with Gasteiger partial charge in [0, 0.05) is 24.9 Å². The van der Waals surface area contributed by atoms with Crippen molar-refractivity contribution in [2.45, 2.75) is 53.5 Å². The Labute approximate surface area is 105 Å². The summed E-state index contributed by atoms with van der Waals surface area (Å²) in [4.78, 5) is 8.74. The minimum atomic E-state index is 0.235. The molecule has 1 atom stereocenters. The molecule has 0 radical (unpaired) electrons. The van der Waals surface area contributed by atoms with Crippen molar-refractivity contribution in [3.05, 3.63) is 23.8 Å². The minimum Gasteiger partial charge on any atom is -0.313 e. The first-order valence-corrected chi connectivity index (χ1v) is 6.45. The van der Waals surface area contributed by atoms with Gasteiger partial charge in [0.25, 0.3) is 0 Å². The van der Waals surface area contributed by atoms with Gasteiger partial charge in [-0.3, -0.25) is 9.97 Å². The molecule has 0 aliphatic rings. The van der Waals surface area contributed by atoms with Crippen LogP contribution in [0.4, 0.5) is 0 Å². The molecular weight excluding hydrogens is 210 g/mol. The van der Waals surface area contributed by atoms with Gasteiger partial charge in [0.05, 0.1) is 11.4 Å². The zero-order valence-electron chi connectivity index (χ0n) is 11.7. The fourth-order valence-electron chi connectivity index (χ4n) is 1.83. The third-order valence-corrected chi connectivity index (χ3v) is 3.07. The molecule has 0 saturated carbocycles. The molecule has 0 fully saturated rings. The molecule has 3 nitrogen and oxygen atoms in total. The molecule has 0 saturated heterocycles. The number of aryl methyl sites for hydroxylation is 1. The van der Waals surface area contributed by atoms with Crippen molar-refractivity contribution >= 4 is 0 Å². The molecule has 96 valence electrons. The van der Waals surface area contributed by atoms with Gasteiger partial charge in [-0.25, -0.2) is 0 Å². The van der Waals surface area contributed by atoms with Crippen molar-refractivity contribution in [1.29, 1.82) is 0 Å². The zero-order valence-corrected chi connectivity index (χ0v) is 11.7. The Morgan fingerprint density at radius 1 is 1.24 bits per heavy atom. The molecular formula is C14H25N3. The van der Waals surface area contributed by atoms with Crippen LogP contribution in [0, 0.1) is 12.3 Å². The third kappa shape index (κ3) is 4.43. The Hall–Kier alpha value is -0.960. The van der Waals surface area contributed by atoms with Gasteiger partial charge in [-0.2, -0.15) is 0 Å². The lowest BCUT2D eigenvalue weighted by Crippen LogP contribution is -2.42. The van der Waals surface area contributed by atoms with Crippen LogP contribution in [0.25, 0.3) is 0 Å². The highest BCUT2D eigenvalue weighted by Gasteiger charge is 2.25. The fourth-order valence-corrected chi connectivity index (χ4v) is 1.83. The van der Waals surface area contributed by atoms with Crippen LogP contribution in [0.5, 0.6) is 0 Å². The van der Waals surface area contributed by atoms with Gasteiger partial charge < -0.3 is 5.32 Å². The molecule has 1 unspecified atom stereocenters. The normalized spacial score (nSPS) is 13.7. The van der Waals surface area contributed by atoms with Crippen molar-refractivity contribution < 1.29 is 0 Å². The molecule has 0 bridgehead atoms. The molecule has 1 aromatic rings. The second kappa shape index (κ2) is 6.10. The molecule has 1 aromatic heterocycles. The Bertz CT molecular complexity index is 342. The first-order chi connectivity index (χ1) is 7.95. The molecule has 0 aliphatic carbocycles. The maximum Gasteiger partial charge on any atom is 0.0631 e. The second-order valence-corrected chi connectivity index (χ2v) is 5.67. The topological polar surface area (TPSA) is 37.8 Å². The number of nitrogens with zero attached hydrogens (tertiary/aromatic N) is 2. The van der Waals surface area contributed by atoms with E-state index in [9.17, 15) is 0 Å². The Morgan fingerprint density at radius 2 is 1.88 bits per heavy atom. The molecule has 1 rings (SSSR count). The molecule has 3 heteroatoms. The van der Waals surface area contributed by atoms with E-state index in [0.29, 0.717) is 6.04 Å². The van der Waals surface area contributed by atoms with Crippen molar-refractivity contribution in [1.82, 2.24) is 15.3 Å². The van der Waals surface area contributed by atoms with Crippen LogP contribution in [0.2, 0.25) is 0 Å². The lowest BCUT2D eigenvalue weighted by atomic mass is 9.83. The van der Waals surface area contributed by atoms with Gasteiger partial charge >= 0.3 is 0 Å². The van der Waals surface area contributed by atoms with Crippen molar-refractivity contribution in [2.24, 2.45) is 5.41 Å². The number of rotatable bonds is 5. The maximum absolute atomic E-state index is 4.44. The Morgan fingerprint density at radius 3 is 2.41 bits per heavy atom. The summed E-state index contributed by atoms with van der Waals surface area (Å²) in [5.74, 6) is 0. The molecule has 0 amide bonds. The van der Waals surface area contributed by atoms with Crippen LogP contribution < -0.4 is 5.32 Å². The first kappa shape index (κ1) is 14.1. The summed E-state index contributed by atoms with van der Waals surface area (Å²) >= 11 is 0. The van der Waals surface area contributed by atoms with E-state index in [2.05, 4.69) is 43.0 Å². The summed E-state index contributed by atoms with van der Waals surface area (Å²) in [6.45, 7) is 12.1. The van der Waals surface area contributed by atoms with E-state index in [1.807, 2.05) is 6.92 Å². The summed E-state index contributed by atoms with van der Waals surface area (Å²) < 4.78 is 0. The second-order valence-electron chi connectivity index (χ2n) is 5.67. The summed E-state index contributed by atoms with van der Waals surface area (Å²) in [5.41, 5.74) is 2.38. The number of nitrogens with one attached hydrogen (secondary N) is 1. The van der Waals surface area contributed by atoms with E-state index >= 15 is 0 Å². The predicted octanol–water partition coefficient (Wildman–Crippen LogP) is 2.74. The molecule has 0 aliphatic heterocycles. The SMILES string of the molecule is CCCNC(Cc1nccnc1C)C(C)(C)C. The van der Waals surface area contributed by atoms with E-state index in [4.69, 9.17) is 0 Å². The van der Waals surface area contributed by atoms with Crippen LogP contribution in [-0.4, -0.2) is 22.6 Å². The molecule has 0 aromatic carbocycles. The average molecular weight is 235 g/mol. The van der Waals surface area contributed by atoms with Crippen LogP contribution in [0.15, 0.2) is 12.4 Å². The van der Waals surface area contributed by atoms with Crippen molar-refractivity contribution in [3.8, 4) is 0 Å². The first-order valence-electron chi connectivity index (χ1n) is 6.45. The van der Waals surface area contributed by atoms with Crippen molar-refractivity contribution in [3.63, 3.8) is 0 Å². The fraction of sp³-hybridized carbons (Fsp3) is 0.714. The van der Waals surface area contributed by atoms with Gasteiger partial charge in [0.15, 0.2) is 0 Å². The monoisotopic (exact) mass is 235 g/mol. The van der Waals surface area contributed by atoms with Crippen LogP contribution in [-0.2, 0) is 6.42 Å². The van der Waals surface area contributed by atoms with E-state index < -0.39 is 0 Å². The largest absolute Gasteiger partial charge is 0.313 e. The van der Waals surface area contributed by atoms with Crippen LogP contribution in [0.1, 0.15) is 45.5 Å². The highest BCUT2D eigenvalue weighted by atomic mass is 14.9. The molecule has 1 N–H and O–H groups in total. The van der Waals surface area contributed by atoms with Gasteiger partial charge in [-0.05, 0) is 25.3 Å². The van der Waals surface area contributed by atoms with E-state index in [1.54, 1.807) is 12.4 Å². The maximum atomic E-state index is 4.44. The summed E-state index contributed by atoms with van der Waals surface area (Å²) in [6, 6.07) is 0.442. The smallest absolute Gasteiger partial charge is 0.0631 e. The van der Waals surface area contributed by atoms with E-state index in [0.717, 1.165) is 30.8 Å². The van der Waals surface area contributed by atoms with Gasteiger partial charge in [0.1, 0.15) is 0 Å². The minimum absolute atomic E-state index is 0.235. The number of aromatic nitrogens is 2. The molecule has 17 heavy (non-hydrogen) atoms. The van der Waals surface area contributed by atoms with Gasteiger partial charge in [-0.1, -0.05) is 27.7 Å². The van der Waals surface area contributed by atoms with Crippen LogP contribution >= 0.6 is 0 Å². The summed E-state index contributed by atoms with van der Waals surface area (Å²) in [5, 5.41) is 3.62. The third-order valence-electron chi connectivity index (χ3n) is 3.07. The molecule has 0 spiro atoms. The number of hydrogen-bond acceptors (Lipinski definition) is 3. The molecule has 1 heterocycles. The Kier molecular flexibility index (Phi) is 5.06. The van der Waals surface area contributed by atoms with Gasteiger partial charge in [0.2, 0.25) is 0 Å². The summed E-state index contributed by atoms with van der Waals surface area (Å²) in [7, 11) is 0. The summed E-state index contributed by atoms with van der Waals surface area (Å²) in [6.07, 6.45) is 5.64. The standard InChI is InChI=1S/C14H25N3/c1-6-7-17-13(14(3,4)5)10-12-11(2)15-8-9-16-12/h8-9,13,17H,6-7,10H2,1-5H3. The lowest BCUT2D eigenvalue weighted by Gasteiger charge is -2.31.